The van der Waals surface area contributed by atoms with Gasteiger partial charge in [-0.2, -0.15) is 0 Å². The van der Waals surface area contributed by atoms with Crippen LogP contribution in [0.3, 0.4) is 0 Å². The minimum Gasteiger partial charge on any atom is -0.496 e. The highest BCUT2D eigenvalue weighted by Crippen LogP contribution is 2.21. The molecule has 0 aromatic heterocycles. The summed E-state index contributed by atoms with van der Waals surface area (Å²) in [6.07, 6.45) is 0. The van der Waals surface area contributed by atoms with Gasteiger partial charge < -0.3 is 4.74 Å². The zero-order valence-electron chi connectivity index (χ0n) is 7.69. The predicted molar refractivity (Wildman–Crippen MR) is 50.6 cm³/mol. The van der Waals surface area contributed by atoms with Gasteiger partial charge in [0.25, 0.3) is 0 Å². The van der Waals surface area contributed by atoms with Gasteiger partial charge in [0.1, 0.15) is 5.75 Å². The first-order chi connectivity index (χ1) is 6.29. The van der Waals surface area contributed by atoms with Gasteiger partial charge in [-0.1, -0.05) is 17.2 Å². The third-order valence-corrected chi connectivity index (χ3v) is 1.92. The molecule has 13 heavy (non-hydrogen) atoms. The van der Waals surface area contributed by atoms with Crippen LogP contribution in [0.5, 0.6) is 5.75 Å². The molecule has 0 fully saturated rings. The molecule has 68 valence electrons. The topological polar surface area (TPSA) is 58.0 Å². The number of hydrogen-bond donors (Lipinski definition) is 0. The number of hydrogen-bond acceptors (Lipinski definition) is 2. The fraction of sp³-hybridized carbons (Fsp3) is 0.333. The number of azide groups is 1. The summed E-state index contributed by atoms with van der Waals surface area (Å²) >= 11 is 0. The Labute approximate surface area is 76.8 Å². The van der Waals surface area contributed by atoms with Gasteiger partial charge in [0, 0.05) is 4.91 Å². The molecule has 0 saturated carbocycles. The van der Waals surface area contributed by atoms with E-state index in [1.807, 2.05) is 25.1 Å². The Morgan fingerprint density at radius 1 is 1.54 bits per heavy atom. The Bertz CT molecular complexity index is 343. The Hall–Kier alpha value is -1.67. The Morgan fingerprint density at radius 3 is 2.92 bits per heavy atom. The van der Waals surface area contributed by atoms with Crippen LogP contribution < -0.4 is 4.74 Å². The number of methoxy groups -OCH3 is 1. The second-order valence-corrected chi connectivity index (χ2v) is 2.63. The van der Waals surface area contributed by atoms with Crippen molar-refractivity contribution in [2.24, 2.45) is 5.11 Å². The summed E-state index contributed by atoms with van der Waals surface area (Å²) < 4.78 is 5.13. The molecule has 0 atom stereocenters. The van der Waals surface area contributed by atoms with Gasteiger partial charge in [0.2, 0.25) is 0 Å². The number of ether oxygens (including phenoxy) is 1. The highest BCUT2D eigenvalue weighted by Gasteiger charge is 2.01. The van der Waals surface area contributed by atoms with Crippen molar-refractivity contribution in [2.45, 2.75) is 13.5 Å². The molecule has 1 rings (SSSR count). The van der Waals surface area contributed by atoms with E-state index in [4.69, 9.17) is 10.3 Å². The SMILES string of the molecule is COc1cccc(CN=[N+]=[N-])c1C. The summed E-state index contributed by atoms with van der Waals surface area (Å²) in [5, 5.41) is 3.50. The summed E-state index contributed by atoms with van der Waals surface area (Å²) in [7, 11) is 1.62. The summed E-state index contributed by atoms with van der Waals surface area (Å²) in [4.78, 5) is 2.71. The van der Waals surface area contributed by atoms with Crippen molar-refractivity contribution in [2.75, 3.05) is 7.11 Å². The minimum absolute atomic E-state index is 0.375. The minimum atomic E-state index is 0.375. The van der Waals surface area contributed by atoms with Crippen LogP contribution in [0, 0.1) is 6.92 Å². The van der Waals surface area contributed by atoms with E-state index in [0.29, 0.717) is 6.54 Å². The molecular weight excluding hydrogens is 166 g/mol. The maximum Gasteiger partial charge on any atom is 0.122 e. The van der Waals surface area contributed by atoms with E-state index in [1.165, 1.54) is 0 Å². The van der Waals surface area contributed by atoms with Gasteiger partial charge in [-0.3, -0.25) is 0 Å². The fourth-order valence-electron chi connectivity index (χ4n) is 1.16. The van der Waals surface area contributed by atoms with Gasteiger partial charge >= 0.3 is 0 Å². The van der Waals surface area contributed by atoms with Gasteiger partial charge in [-0.25, -0.2) is 0 Å². The maximum absolute atomic E-state index is 8.17. The van der Waals surface area contributed by atoms with Crippen molar-refractivity contribution < 1.29 is 4.74 Å². The monoisotopic (exact) mass is 177 g/mol. The molecule has 0 radical (unpaired) electrons. The van der Waals surface area contributed by atoms with Gasteiger partial charge in [0.15, 0.2) is 0 Å². The zero-order valence-corrected chi connectivity index (χ0v) is 7.69. The molecule has 0 amide bonds. The standard InChI is InChI=1S/C9H11N3O/c1-7-8(6-11-12-10)4-3-5-9(7)13-2/h3-5H,6H2,1-2H3. The van der Waals surface area contributed by atoms with E-state index in [0.717, 1.165) is 16.9 Å². The van der Waals surface area contributed by atoms with Crippen molar-refractivity contribution in [1.82, 2.24) is 0 Å². The van der Waals surface area contributed by atoms with Crippen molar-refractivity contribution in [1.29, 1.82) is 0 Å². The Morgan fingerprint density at radius 2 is 2.31 bits per heavy atom. The average molecular weight is 177 g/mol. The van der Waals surface area contributed by atoms with Crippen LogP contribution in [0.15, 0.2) is 23.3 Å². The van der Waals surface area contributed by atoms with Crippen LogP contribution in [0.2, 0.25) is 0 Å². The number of rotatable bonds is 3. The Balaban J connectivity index is 3.00. The highest BCUT2D eigenvalue weighted by molar-refractivity contribution is 5.38. The summed E-state index contributed by atoms with van der Waals surface area (Å²) in [5.74, 6) is 0.825. The highest BCUT2D eigenvalue weighted by atomic mass is 16.5. The fourth-order valence-corrected chi connectivity index (χ4v) is 1.16. The van der Waals surface area contributed by atoms with Crippen LogP contribution in [0.1, 0.15) is 11.1 Å². The molecular formula is C9H11N3O. The number of nitrogens with zero attached hydrogens (tertiary/aromatic N) is 3. The van der Waals surface area contributed by atoms with E-state index in [1.54, 1.807) is 7.11 Å². The third kappa shape index (κ3) is 2.13. The molecule has 1 aromatic rings. The quantitative estimate of drug-likeness (QED) is 0.398. The van der Waals surface area contributed by atoms with Gasteiger partial charge in [-0.15, -0.1) is 0 Å². The van der Waals surface area contributed by atoms with E-state index in [-0.39, 0.29) is 0 Å². The second kappa shape index (κ2) is 4.38. The summed E-state index contributed by atoms with van der Waals surface area (Å²) in [6, 6.07) is 5.69. The van der Waals surface area contributed by atoms with Crippen molar-refractivity contribution in [3.8, 4) is 5.75 Å². The van der Waals surface area contributed by atoms with Gasteiger partial charge in [0.05, 0.1) is 13.7 Å². The van der Waals surface area contributed by atoms with Crippen molar-refractivity contribution in [3.63, 3.8) is 0 Å². The lowest BCUT2D eigenvalue weighted by Gasteiger charge is -2.07. The van der Waals surface area contributed by atoms with Crippen LogP contribution >= 0.6 is 0 Å². The van der Waals surface area contributed by atoms with E-state index in [9.17, 15) is 0 Å². The molecule has 4 nitrogen and oxygen atoms in total. The maximum atomic E-state index is 8.17. The molecule has 0 saturated heterocycles. The third-order valence-electron chi connectivity index (χ3n) is 1.92. The molecule has 0 N–H and O–H groups in total. The normalized spacial score (nSPS) is 9.08. The summed E-state index contributed by atoms with van der Waals surface area (Å²) in [5.41, 5.74) is 10.2. The molecule has 0 aliphatic rings. The molecule has 0 aliphatic heterocycles. The van der Waals surface area contributed by atoms with Crippen molar-refractivity contribution in [3.05, 3.63) is 39.8 Å². The van der Waals surface area contributed by atoms with Crippen LogP contribution in [-0.4, -0.2) is 7.11 Å². The zero-order chi connectivity index (χ0) is 9.68. The molecule has 0 aliphatic carbocycles. The predicted octanol–water partition coefficient (Wildman–Crippen LogP) is 2.81. The molecule has 0 spiro atoms. The van der Waals surface area contributed by atoms with E-state index in [2.05, 4.69) is 10.0 Å². The lowest BCUT2D eigenvalue weighted by atomic mass is 10.1. The molecule has 0 unspecified atom stereocenters. The first-order valence-electron chi connectivity index (χ1n) is 3.93. The van der Waals surface area contributed by atoms with E-state index < -0.39 is 0 Å². The van der Waals surface area contributed by atoms with Crippen LogP contribution in [0.25, 0.3) is 10.4 Å². The number of benzene rings is 1. The Kier molecular flexibility index (Phi) is 3.17. The lowest BCUT2D eigenvalue weighted by molar-refractivity contribution is 0.411. The molecule has 0 bridgehead atoms. The van der Waals surface area contributed by atoms with Crippen LogP contribution in [-0.2, 0) is 6.54 Å². The largest absolute Gasteiger partial charge is 0.496 e. The van der Waals surface area contributed by atoms with E-state index >= 15 is 0 Å². The first-order valence-corrected chi connectivity index (χ1v) is 3.93. The van der Waals surface area contributed by atoms with Crippen LogP contribution in [0.4, 0.5) is 0 Å². The first kappa shape index (κ1) is 9.42. The molecule has 0 heterocycles. The molecule has 4 heteroatoms. The average Bonchev–Trinajstić information content (AvgIpc) is 2.16. The summed E-state index contributed by atoms with van der Waals surface area (Å²) in [6.45, 7) is 2.32. The molecule has 1 aromatic carbocycles. The lowest BCUT2D eigenvalue weighted by Crippen LogP contribution is -1.91. The van der Waals surface area contributed by atoms with Crippen molar-refractivity contribution >= 4 is 0 Å². The smallest absolute Gasteiger partial charge is 0.122 e. The second-order valence-electron chi connectivity index (χ2n) is 2.63. The van der Waals surface area contributed by atoms with Gasteiger partial charge in [-0.05, 0) is 29.6 Å².